The molecule has 1 rings (SSSR count). The molecule has 360 valence electrons. The third-order valence-electron chi connectivity index (χ3n) is 9.23. The SMILES string of the molecule is CCCCCC(C)(CC)c1ccc(OCCOCCOCCOCCOCCOCCOCCOCCOCCOCCOCCOCCOCCOCCOCCO)cc1. The summed E-state index contributed by atoms with van der Waals surface area (Å²) in [4.78, 5) is 0. The Bertz CT molecular complexity index is 994. The van der Waals surface area contributed by atoms with Crippen molar-refractivity contribution in [2.45, 2.75) is 58.3 Å². The summed E-state index contributed by atoms with van der Waals surface area (Å²) in [5.41, 5.74) is 1.62. The molecule has 1 unspecified atom stereocenters. The lowest BCUT2D eigenvalue weighted by atomic mass is 9.76. The van der Waals surface area contributed by atoms with Gasteiger partial charge in [-0.15, -0.1) is 0 Å². The van der Waals surface area contributed by atoms with Crippen LogP contribution >= 0.6 is 0 Å². The van der Waals surface area contributed by atoms with E-state index in [0.29, 0.717) is 192 Å². The zero-order valence-corrected chi connectivity index (χ0v) is 38.1. The van der Waals surface area contributed by atoms with Crippen molar-refractivity contribution in [1.29, 1.82) is 0 Å². The molecule has 16 nitrogen and oxygen atoms in total. The molecule has 1 aromatic rings. The highest BCUT2D eigenvalue weighted by Gasteiger charge is 2.23. The van der Waals surface area contributed by atoms with E-state index in [1.54, 1.807) is 0 Å². The molecule has 16 heteroatoms. The Labute approximate surface area is 367 Å². The molecule has 0 aliphatic rings. The lowest BCUT2D eigenvalue weighted by Crippen LogP contribution is -2.20. The molecule has 1 atom stereocenters. The number of unbranched alkanes of at least 4 members (excludes halogenated alkanes) is 2. The van der Waals surface area contributed by atoms with Crippen molar-refractivity contribution in [1.82, 2.24) is 0 Å². The largest absolute Gasteiger partial charge is 0.491 e. The van der Waals surface area contributed by atoms with Gasteiger partial charge in [0.1, 0.15) is 12.4 Å². The van der Waals surface area contributed by atoms with E-state index in [2.05, 4.69) is 45.0 Å². The molecule has 0 spiro atoms. The third-order valence-corrected chi connectivity index (χ3v) is 9.23. The number of aliphatic hydroxyl groups excluding tert-OH is 1. The zero-order valence-electron chi connectivity index (χ0n) is 38.1. The van der Waals surface area contributed by atoms with E-state index in [4.69, 9.17) is 76.2 Å². The highest BCUT2D eigenvalue weighted by molar-refractivity contribution is 5.32. The van der Waals surface area contributed by atoms with Gasteiger partial charge in [0.15, 0.2) is 0 Å². The first-order chi connectivity index (χ1) is 30.2. The summed E-state index contributed by atoms with van der Waals surface area (Å²) in [5.74, 6) is 0.876. The van der Waals surface area contributed by atoms with E-state index in [1.807, 2.05) is 0 Å². The standard InChI is InChI=1S/C45H84O16/c1-4-6-7-12-45(3,5-2)43-8-10-44(11-9-43)61-42-41-60-40-39-59-38-37-58-36-35-57-34-33-56-32-31-55-30-29-54-28-27-53-26-25-52-24-23-51-22-21-50-20-19-49-18-17-48-16-15-47-14-13-46/h8-11,46H,4-7,12-42H2,1-3H3. The number of rotatable bonds is 51. The van der Waals surface area contributed by atoms with Gasteiger partial charge in [0.05, 0.1) is 192 Å². The van der Waals surface area contributed by atoms with Gasteiger partial charge in [0, 0.05) is 0 Å². The summed E-state index contributed by atoms with van der Waals surface area (Å²) in [6, 6.07) is 8.57. The second kappa shape index (κ2) is 46.4. The van der Waals surface area contributed by atoms with Gasteiger partial charge in [-0.05, 0) is 36.0 Å². The van der Waals surface area contributed by atoms with Crippen molar-refractivity contribution in [3.05, 3.63) is 29.8 Å². The van der Waals surface area contributed by atoms with Gasteiger partial charge in [-0.2, -0.15) is 0 Å². The maximum absolute atomic E-state index is 8.60. The Morgan fingerprint density at radius 2 is 0.623 bits per heavy atom. The molecule has 0 heterocycles. The lowest BCUT2D eigenvalue weighted by Gasteiger charge is -2.29. The summed E-state index contributed by atoms with van der Waals surface area (Å²) in [6.45, 7) is 21.3. The minimum Gasteiger partial charge on any atom is -0.491 e. The predicted octanol–water partition coefficient (Wildman–Crippen LogP) is 4.54. The van der Waals surface area contributed by atoms with Crippen molar-refractivity contribution in [2.24, 2.45) is 0 Å². The summed E-state index contributed by atoms with van der Waals surface area (Å²) in [6.07, 6.45) is 6.18. The molecular formula is C45H84O16. The van der Waals surface area contributed by atoms with Crippen LogP contribution in [0.15, 0.2) is 24.3 Å². The molecule has 0 aliphatic heterocycles. The molecule has 0 saturated carbocycles. The highest BCUT2D eigenvalue weighted by atomic mass is 16.6. The average molecular weight is 881 g/mol. The van der Waals surface area contributed by atoms with Gasteiger partial charge in [-0.1, -0.05) is 52.2 Å². The van der Waals surface area contributed by atoms with Crippen LogP contribution in [-0.2, 0) is 71.7 Å². The van der Waals surface area contributed by atoms with Crippen molar-refractivity contribution in [2.75, 3.05) is 198 Å². The molecule has 0 amide bonds. The fourth-order valence-electron chi connectivity index (χ4n) is 5.49. The second-order valence-corrected chi connectivity index (χ2v) is 14.0. The fourth-order valence-corrected chi connectivity index (χ4v) is 5.49. The first-order valence-electron chi connectivity index (χ1n) is 22.6. The van der Waals surface area contributed by atoms with Crippen LogP contribution in [-0.4, -0.2) is 203 Å². The maximum atomic E-state index is 8.60. The molecule has 1 N–H and O–H groups in total. The minimum absolute atomic E-state index is 0.0223. The first kappa shape index (κ1) is 57.4. The number of benzene rings is 1. The van der Waals surface area contributed by atoms with Crippen molar-refractivity contribution >= 4 is 0 Å². The number of hydrogen-bond acceptors (Lipinski definition) is 16. The van der Waals surface area contributed by atoms with Gasteiger partial charge in [-0.25, -0.2) is 0 Å². The Hall–Kier alpha value is -1.58. The molecular weight excluding hydrogens is 796 g/mol. The van der Waals surface area contributed by atoms with Crippen LogP contribution in [0.1, 0.15) is 58.4 Å². The molecule has 61 heavy (non-hydrogen) atoms. The Kier molecular flexibility index (Phi) is 43.7. The lowest BCUT2D eigenvalue weighted by molar-refractivity contribution is -0.0298. The van der Waals surface area contributed by atoms with E-state index in [1.165, 1.54) is 31.2 Å². The minimum atomic E-state index is 0.0223. The van der Waals surface area contributed by atoms with E-state index < -0.39 is 0 Å². The predicted molar refractivity (Wildman–Crippen MR) is 232 cm³/mol. The fraction of sp³-hybridized carbons (Fsp3) is 0.867. The van der Waals surface area contributed by atoms with Crippen LogP contribution in [0.25, 0.3) is 0 Å². The molecule has 0 aliphatic carbocycles. The van der Waals surface area contributed by atoms with Crippen molar-refractivity contribution < 1.29 is 76.2 Å². The van der Waals surface area contributed by atoms with E-state index in [0.717, 1.165) is 12.2 Å². The average Bonchev–Trinajstić information content (AvgIpc) is 3.28. The maximum Gasteiger partial charge on any atom is 0.119 e. The molecule has 0 bridgehead atoms. The normalized spacial score (nSPS) is 12.7. The van der Waals surface area contributed by atoms with Gasteiger partial charge in [0.2, 0.25) is 0 Å². The van der Waals surface area contributed by atoms with E-state index >= 15 is 0 Å². The summed E-state index contributed by atoms with van der Waals surface area (Å²) < 4.78 is 82.4. The summed E-state index contributed by atoms with van der Waals surface area (Å²) >= 11 is 0. The number of aliphatic hydroxyl groups is 1. The highest BCUT2D eigenvalue weighted by Crippen LogP contribution is 2.34. The van der Waals surface area contributed by atoms with Gasteiger partial charge < -0.3 is 76.2 Å². The van der Waals surface area contributed by atoms with Crippen LogP contribution < -0.4 is 4.74 Å². The van der Waals surface area contributed by atoms with Crippen molar-refractivity contribution in [3.8, 4) is 5.75 Å². The Balaban J connectivity index is 1.69. The molecule has 0 aromatic heterocycles. The van der Waals surface area contributed by atoms with Crippen LogP contribution in [0.2, 0.25) is 0 Å². The second-order valence-electron chi connectivity index (χ2n) is 14.0. The van der Waals surface area contributed by atoms with Crippen LogP contribution in [0.3, 0.4) is 0 Å². The smallest absolute Gasteiger partial charge is 0.119 e. The van der Waals surface area contributed by atoms with Crippen molar-refractivity contribution in [3.63, 3.8) is 0 Å². The molecule has 1 aromatic carbocycles. The number of hydrogen-bond donors (Lipinski definition) is 1. The van der Waals surface area contributed by atoms with Gasteiger partial charge in [0.25, 0.3) is 0 Å². The molecule has 0 radical (unpaired) electrons. The Morgan fingerprint density at radius 3 is 0.869 bits per heavy atom. The topological polar surface area (TPSA) is 159 Å². The molecule has 0 fully saturated rings. The van der Waals surface area contributed by atoms with E-state index in [9.17, 15) is 0 Å². The summed E-state index contributed by atoms with van der Waals surface area (Å²) in [5, 5.41) is 8.60. The van der Waals surface area contributed by atoms with Crippen LogP contribution in [0.5, 0.6) is 5.75 Å². The van der Waals surface area contributed by atoms with Gasteiger partial charge in [-0.3, -0.25) is 0 Å². The monoisotopic (exact) mass is 881 g/mol. The van der Waals surface area contributed by atoms with Gasteiger partial charge >= 0.3 is 0 Å². The van der Waals surface area contributed by atoms with E-state index in [-0.39, 0.29) is 12.0 Å². The third kappa shape index (κ3) is 38.6. The van der Waals surface area contributed by atoms with Crippen LogP contribution in [0, 0.1) is 0 Å². The number of ether oxygens (including phenoxy) is 15. The first-order valence-corrected chi connectivity index (χ1v) is 22.6. The van der Waals surface area contributed by atoms with Crippen LogP contribution in [0.4, 0.5) is 0 Å². The quantitative estimate of drug-likeness (QED) is 0.0909. The summed E-state index contributed by atoms with van der Waals surface area (Å²) in [7, 11) is 0. The molecule has 0 saturated heterocycles. The zero-order chi connectivity index (χ0) is 43.8. The Morgan fingerprint density at radius 1 is 0.361 bits per heavy atom.